The molecule has 23 heavy (non-hydrogen) atoms. The molecule has 0 atom stereocenters. The zero-order valence-corrected chi connectivity index (χ0v) is 15.5. The summed E-state index contributed by atoms with van der Waals surface area (Å²) in [4.78, 5) is 11.4. The fraction of sp³-hybridized carbons (Fsp3) is 0.444. The van der Waals surface area contributed by atoms with Gasteiger partial charge in [0.1, 0.15) is 0 Å². The summed E-state index contributed by atoms with van der Waals surface area (Å²) in [5.74, 6) is -0.153. The lowest BCUT2D eigenvalue weighted by molar-refractivity contribution is -0.113. The van der Waals surface area contributed by atoms with E-state index in [1.807, 2.05) is 32.9 Å². The van der Waals surface area contributed by atoms with E-state index in [4.69, 9.17) is 10.8 Å². The van der Waals surface area contributed by atoms with Crippen molar-refractivity contribution in [3.8, 4) is 0 Å². The second-order valence-corrected chi connectivity index (χ2v) is 4.46. The van der Waals surface area contributed by atoms with Crippen LogP contribution in [-0.2, 0) is 4.79 Å². The number of carbonyl (C=O) groups excluding carboxylic acids is 1. The Kier molecular flexibility index (Phi) is 12.5. The molecule has 0 radical (unpaired) electrons. The largest absolute Gasteiger partial charge is 0.400 e. The number of aliphatic hydroxyl groups excluding tert-OH is 1. The first-order valence-corrected chi connectivity index (χ1v) is 7.72. The number of hydrogen-bond donors (Lipinski definition) is 2. The first-order valence-electron chi connectivity index (χ1n) is 7.72. The Morgan fingerprint density at radius 3 is 2.30 bits per heavy atom. The molecule has 0 aromatic carbocycles. The Morgan fingerprint density at radius 1 is 1.39 bits per heavy atom. The third-order valence-electron chi connectivity index (χ3n) is 3.08. The van der Waals surface area contributed by atoms with Gasteiger partial charge in [0.15, 0.2) is 5.78 Å². The van der Waals surface area contributed by atoms with Crippen molar-refractivity contribution in [1.29, 1.82) is 0 Å². The predicted molar refractivity (Wildman–Crippen MR) is 98.7 cm³/mol. The molecule has 0 aliphatic rings. The fourth-order valence-electron chi connectivity index (χ4n) is 1.73. The van der Waals surface area contributed by atoms with Gasteiger partial charge in [0.25, 0.3) is 0 Å². The minimum Gasteiger partial charge on any atom is -0.400 e. The lowest BCUT2D eigenvalue weighted by atomic mass is 10.1. The Balaban J connectivity index is 0. The molecule has 130 valence electrons. The van der Waals surface area contributed by atoms with Crippen LogP contribution in [0.5, 0.6) is 0 Å². The number of rotatable bonds is 5. The fourth-order valence-corrected chi connectivity index (χ4v) is 1.73. The van der Waals surface area contributed by atoms with Gasteiger partial charge in [-0.1, -0.05) is 33.4 Å². The molecule has 0 unspecified atom stereocenters. The molecule has 0 saturated heterocycles. The van der Waals surface area contributed by atoms with E-state index < -0.39 is 0 Å². The normalized spacial score (nSPS) is 11.4. The van der Waals surface area contributed by atoms with E-state index in [9.17, 15) is 4.79 Å². The number of aryl methyl sites for hydroxylation is 1. The van der Waals surface area contributed by atoms with Crippen LogP contribution < -0.4 is 5.73 Å². The SMILES string of the molecule is C=C/C(=C\c1c(C)cnn1/C(C)=C(\N)C(C)=O)CC.CC.CO. The highest BCUT2D eigenvalue weighted by Gasteiger charge is 2.11. The summed E-state index contributed by atoms with van der Waals surface area (Å²) in [6.45, 7) is 15.1. The van der Waals surface area contributed by atoms with Crippen LogP contribution in [0.4, 0.5) is 0 Å². The van der Waals surface area contributed by atoms with Crippen molar-refractivity contribution in [2.75, 3.05) is 7.11 Å². The van der Waals surface area contributed by atoms with Crippen LogP contribution >= 0.6 is 0 Å². The highest BCUT2D eigenvalue weighted by Crippen LogP contribution is 2.19. The van der Waals surface area contributed by atoms with Gasteiger partial charge in [-0.25, -0.2) is 4.68 Å². The van der Waals surface area contributed by atoms with Crippen LogP contribution in [0.2, 0.25) is 0 Å². The highest BCUT2D eigenvalue weighted by atomic mass is 16.2. The molecular formula is C18H31N3O2. The van der Waals surface area contributed by atoms with E-state index in [1.54, 1.807) is 17.8 Å². The minimum absolute atomic E-state index is 0.153. The molecule has 1 heterocycles. The van der Waals surface area contributed by atoms with Crippen LogP contribution in [0, 0.1) is 6.92 Å². The molecule has 1 rings (SSSR count). The average Bonchev–Trinajstić information content (AvgIpc) is 2.95. The Labute approximate surface area is 140 Å². The zero-order valence-electron chi connectivity index (χ0n) is 15.5. The van der Waals surface area contributed by atoms with Crippen LogP contribution in [0.1, 0.15) is 52.3 Å². The second kappa shape index (κ2) is 12.4. The molecule has 0 amide bonds. The number of nitrogens with zero attached hydrogens (tertiary/aromatic N) is 2. The minimum atomic E-state index is -0.153. The molecule has 0 aliphatic heterocycles. The zero-order chi connectivity index (χ0) is 18.6. The maximum atomic E-state index is 11.4. The van der Waals surface area contributed by atoms with Gasteiger partial charge in [0.05, 0.1) is 23.3 Å². The number of hydrogen-bond acceptors (Lipinski definition) is 4. The molecule has 5 nitrogen and oxygen atoms in total. The van der Waals surface area contributed by atoms with Crippen LogP contribution in [0.25, 0.3) is 11.8 Å². The number of carbonyl (C=O) groups is 1. The number of ketones is 1. The first-order chi connectivity index (χ1) is 10.9. The van der Waals surface area contributed by atoms with Gasteiger partial charge in [0, 0.05) is 14.0 Å². The van der Waals surface area contributed by atoms with E-state index in [2.05, 4.69) is 18.6 Å². The molecule has 0 saturated carbocycles. The molecule has 0 spiro atoms. The third-order valence-corrected chi connectivity index (χ3v) is 3.08. The molecule has 0 fully saturated rings. The van der Waals surface area contributed by atoms with Crippen molar-refractivity contribution in [1.82, 2.24) is 9.78 Å². The smallest absolute Gasteiger partial charge is 0.177 e. The summed E-state index contributed by atoms with van der Waals surface area (Å²) in [5.41, 5.74) is 9.74. The van der Waals surface area contributed by atoms with E-state index in [1.165, 1.54) is 6.92 Å². The summed E-state index contributed by atoms with van der Waals surface area (Å²) in [7, 11) is 1.00. The topological polar surface area (TPSA) is 81.1 Å². The van der Waals surface area contributed by atoms with Gasteiger partial charge in [-0.15, -0.1) is 0 Å². The number of aromatic nitrogens is 2. The van der Waals surface area contributed by atoms with Gasteiger partial charge >= 0.3 is 0 Å². The number of aliphatic hydroxyl groups is 1. The third kappa shape index (κ3) is 6.65. The number of nitrogens with two attached hydrogens (primary N) is 1. The Hall–Kier alpha value is -2.14. The van der Waals surface area contributed by atoms with E-state index in [0.29, 0.717) is 5.70 Å². The standard InChI is InChI=1S/C15H21N3O.C2H6.CH4O/c1-6-13(7-2)8-14-10(3)9-17-18(14)11(4)15(16)12(5)19;2*1-2/h6,8-9H,1,7,16H2,2-5H3;1-2H3;2H,1H3/b13-8+,15-11-;;. The molecule has 3 N–H and O–H groups in total. The van der Waals surface area contributed by atoms with Gasteiger partial charge in [0.2, 0.25) is 0 Å². The van der Waals surface area contributed by atoms with Crippen LogP contribution in [-0.4, -0.2) is 27.8 Å². The van der Waals surface area contributed by atoms with Crippen molar-refractivity contribution in [2.24, 2.45) is 5.73 Å². The van der Waals surface area contributed by atoms with Gasteiger partial charge in [-0.2, -0.15) is 5.10 Å². The summed E-state index contributed by atoms with van der Waals surface area (Å²) in [6.07, 6.45) is 6.49. The molecular weight excluding hydrogens is 290 g/mol. The maximum Gasteiger partial charge on any atom is 0.177 e. The molecule has 1 aromatic rings. The van der Waals surface area contributed by atoms with E-state index in [-0.39, 0.29) is 11.5 Å². The van der Waals surface area contributed by atoms with E-state index >= 15 is 0 Å². The van der Waals surface area contributed by atoms with Gasteiger partial charge in [-0.3, -0.25) is 4.79 Å². The second-order valence-electron chi connectivity index (χ2n) is 4.46. The van der Waals surface area contributed by atoms with Crippen LogP contribution in [0.15, 0.2) is 30.1 Å². The van der Waals surface area contributed by atoms with Crippen molar-refractivity contribution in [2.45, 2.75) is 48.0 Å². The Bertz CT molecular complexity index is 567. The van der Waals surface area contributed by atoms with Crippen molar-refractivity contribution in [3.63, 3.8) is 0 Å². The predicted octanol–water partition coefficient (Wildman–Crippen LogP) is 3.54. The lowest BCUT2D eigenvalue weighted by Gasteiger charge is -2.09. The quantitative estimate of drug-likeness (QED) is 0.642. The van der Waals surface area contributed by atoms with Gasteiger partial charge < -0.3 is 10.8 Å². The number of Topliss-reactive ketones (excluding diaryl/α,β-unsaturated/α-hetero) is 1. The van der Waals surface area contributed by atoms with E-state index in [0.717, 1.165) is 30.4 Å². The summed E-state index contributed by atoms with van der Waals surface area (Å²) in [6, 6.07) is 0. The van der Waals surface area contributed by atoms with Crippen molar-refractivity contribution >= 4 is 17.6 Å². The van der Waals surface area contributed by atoms with Gasteiger partial charge in [-0.05, 0) is 37.5 Å². The molecule has 0 aliphatic carbocycles. The van der Waals surface area contributed by atoms with Crippen molar-refractivity contribution < 1.29 is 9.90 Å². The molecule has 5 heteroatoms. The average molecular weight is 321 g/mol. The Morgan fingerprint density at radius 2 is 1.91 bits per heavy atom. The summed E-state index contributed by atoms with van der Waals surface area (Å²) < 4.78 is 1.70. The molecule has 1 aromatic heterocycles. The summed E-state index contributed by atoms with van der Waals surface area (Å²) in [5, 5.41) is 11.3. The van der Waals surface area contributed by atoms with Crippen LogP contribution in [0.3, 0.4) is 0 Å². The maximum absolute atomic E-state index is 11.4. The highest BCUT2D eigenvalue weighted by molar-refractivity contribution is 5.97. The molecule has 0 bridgehead atoms. The van der Waals surface area contributed by atoms with Crippen molar-refractivity contribution in [3.05, 3.63) is 41.4 Å². The lowest BCUT2D eigenvalue weighted by Crippen LogP contribution is -2.14. The number of allylic oxidation sites excluding steroid dienone is 4. The first kappa shape index (κ1) is 23.1. The monoisotopic (exact) mass is 321 g/mol. The summed E-state index contributed by atoms with van der Waals surface area (Å²) >= 11 is 0.